The van der Waals surface area contributed by atoms with E-state index in [1.165, 1.54) is 135 Å². The molecular formula is C31H64O4. The average molecular weight is 501 g/mol. The van der Waals surface area contributed by atoms with Gasteiger partial charge in [0.1, 0.15) is 0 Å². The first-order valence-corrected chi connectivity index (χ1v) is 15.3. The van der Waals surface area contributed by atoms with Crippen molar-refractivity contribution in [2.75, 3.05) is 28.4 Å². The Morgan fingerprint density at radius 1 is 0.343 bits per heavy atom. The Balaban J connectivity index is 4.28. The van der Waals surface area contributed by atoms with Crippen LogP contribution >= 0.6 is 0 Å². The van der Waals surface area contributed by atoms with Gasteiger partial charge in [0.25, 0.3) is 0 Å². The zero-order valence-electron chi connectivity index (χ0n) is 24.8. The van der Waals surface area contributed by atoms with E-state index >= 15 is 0 Å². The van der Waals surface area contributed by atoms with Gasteiger partial charge < -0.3 is 18.9 Å². The minimum absolute atomic E-state index is 0.0634. The van der Waals surface area contributed by atoms with Crippen molar-refractivity contribution >= 4 is 0 Å². The van der Waals surface area contributed by atoms with E-state index in [0.29, 0.717) is 11.8 Å². The van der Waals surface area contributed by atoms with Gasteiger partial charge in [-0.2, -0.15) is 0 Å². The van der Waals surface area contributed by atoms with Crippen LogP contribution in [0.4, 0.5) is 0 Å². The van der Waals surface area contributed by atoms with Gasteiger partial charge in [-0.25, -0.2) is 0 Å². The third kappa shape index (κ3) is 19.6. The molecule has 0 rings (SSSR count). The Kier molecular flexibility index (Phi) is 26.8. The maximum absolute atomic E-state index is 5.66. The lowest BCUT2D eigenvalue weighted by Gasteiger charge is -2.26. The number of hydrogen-bond acceptors (Lipinski definition) is 4. The van der Waals surface area contributed by atoms with E-state index < -0.39 is 0 Å². The molecule has 0 aliphatic rings. The molecule has 0 aromatic carbocycles. The summed E-state index contributed by atoms with van der Waals surface area (Å²) in [6.07, 6.45) is 27.5. The van der Waals surface area contributed by atoms with Crippen LogP contribution in [-0.4, -0.2) is 41.0 Å². The lowest BCUT2D eigenvalue weighted by Crippen LogP contribution is -2.25. The Labute approximate surface area is 220 Å². The summed E-state index contributed by atoms with van der Waals surface area (Å²) in [5.41, 5.74) is 0. The number of rotatable bonds is 28. The summed E-state index contributed by atoms with van der Waals surface area (Å²) < 4.78 is 22.6. The molecule has 0 spiro atoms. The maximum Gasteiger partial charge on any atom is 0.159 e. The molecule has 0 aromatic rings. The number of hydrogen-bond donors (Lipinski definition) is 0. The van der Waals surface area contributed by atoms with Crippen LogP contribution in [0.1, 0.15) is 149 Å². The molecule has 4 nitrogen and oxygen atoms in total. The second kappa shape index (κ2) is 26.9. The monoisotopic (exact) mass is 500 g/mol. The van der Waals surface area contributed by atoms with Gasteiger partial charge in [-0.3, -0.25) is 0 Å². The van der Waals surface area contributed by atoms with Crippen molar-refractivity contribution in [3.05, 3.63) is 0 Å². The Hall–Kier alpha value is -0.160. The van der Waals surface area contributed by atoms with E-state index in [2.05, 4.69) is 13.8 Å². The summed E-state index contributed by atoms with van der Waals surface area (Å²) in [5.74, 6) is 1.02. The molecule has 0 N–H and O–H groups in total. The maximum atomic E-state index is 5.66. The van der Waals surface area contributed by atoms with Gasteiger partial charge >= 0.3 is 0 Å². The first-order valence-electron chi connectivity index (χ1n) is 15.3. The summed E-state index contributed by atoms with van der Waals surface area (Å²) in [6, 6.07) is 0. The first-order chi connectivity index (χ1) is 17.2. The molecule has 0 aliphatic heterocycles. The van der Waals surface area contributed by atoms with Crippen molar-refractivity contribution < 1.29 is 18.9 Å². The van der Waals surface area contributed by atoms with Crippen LogP contribution in [0.2, 0.25) is 0 Å². The predicted octanol–water partition coefficient (Wildman–Crippen LogP) is 9.69. The van der Waals surface area contributed by atoms with Crippen LogP contribution in [-0.2, 0) is 18.9 Å². The van der Waals surface area contributed by atoms with Gasteiger partial charge in [-0.15, -0.1) is 0 Å². The highest BCUT2D eigenvalue weighted by Crippen LogP contribution is 2.27. The molecule has 0 aliphatic carbocycles. The van der Waals surface area contributed by atoms with E-state index in [1.807, 2.05) is 0 Å². The van der Waals surface area contributed by atoms with Crippen LogP contribution in [0.3, 0.4) is 0 Å². The molecule has 0 saturated carbocycles. The molecule has 0 heterocycles. The summed E-state index contributed by atoms with van der Waals surface area (Å²) >= 11 is 0. The fourth-order valence-corrected chi connectivity index (χ4v) is 5.51. The highest BCUT2D eigenvalue weighted by atomic mass is 16.7. The molecule has 212 valence electrons. The molecule has 0 aromatic heterocycles. The molecule has 4 heteroatoms. The second-order valence-electron chi connectivity index (χ2n) is 10.7. The van der Waals surface area contributed by atoms with Crippen molar-refractivity contribution in [1.29, 1.82) is 0 Å². The largest absolute Gasteiger partial charge is 0.356 e. The van der Waals surface area contributed by atoms with E-state index in [0.717, 1.165) is 0 Å². The molecule has 35 heavy (non-hydrogen) atoms. The topological polar surface area (TPSA) is 36.9 Å². The highest BCUT2D eigenvalue weighted by molar-refractivity contribution is 4.67. The Morgan fingerprint density at radius 3 is 0.829 bits per heavy atom. The zero-order valence-corrected chi connectivity index (χ0v) is 24.8. The van der Waals surface area contributed by atoms with E-state index in [1.54, 1.807) is 28.4 Å². The van der Waals surface area contributed by atoms with Gasteiger partial charge in [0.2, 0.25) is 0 Å². The number of methoxy groups -OCH3 is 4. The van der Waals surface area contributed by atoms with E-state index in [-0.39, 0.29) is 12.6 Å². The number of ether oxygens (including phenoxy) is 4. The number of unbranched alkanes of at least 4 members (excludes halogenated alkanes) is 14. The van der Waals surface area contributed by atoms with Gasteiger partial charge in [-0.05, 0) is 25.7 Å². The Morgan fingerprint density at radius 2 is 0.571 bits per heavy atom. The van der Waals surface area contributed by atoms with Gasteiger partial charge in [-0.1, -0.05) is 123 Å². The van der Waals surface area contributed by atoms with Gasteiger partial charge in [0.15, 0.2) is 12.6 Å². The van der Waals surface area contributed by atoms with Crippen LogP contribution in [0, 0.1) is 11.8 Å². The summed E-state index contributed by atoms with van der Waals surface area (Å²) in [4.78, 5) is 0. The van der Waals surface area contributed by atoms with E-state index in [9.17, 15) is 0 Å². The summed E-state index contributed by atoms with van der Waals surface area (Å²) in [6.45, 7) is 4.56. The summed E-state index contributed by atoms with van der Waals surface area (Å²) in [7, 11) is 7.15. The molecule has 0 saturated heterocycles. The van der Waals surface area contributed by atoms with Crippen LogP contribution < -0.4 is 0 Å². The minimum Gasteiger partial charge on any atom is -0.356 e. The third-order valence-electron chi connectivity index (χ3n) is 7.71. The molecule has 2 unspecified atom stereocenters. The van der Waals surface area contributed by atoms with Gasteiger partial charge in [0.05, 0.1) is 0 Å². The molecule has 0 fully saturated rings. The molecule has 0 bridgehead atoms. The lowest BCUT2D eigenvalue weighted by molar-refractivity contribution is -0.142. The minimum atomic E-state index is -0.0634. The predicted molar refractivity (Wildman–Crippen MR) is 151 cm³/mol. The van der Waals surface area contributed by atoms with Crippen LogP contribution in [0.25, 0.3) is 0 Å². The Bertz CT molecular complexity index is 359. The average Bonchev–Trinajstić information content (AvgIpc) is 2.87. The van der Waals surface area contributed by atoms with Crippen molar-refractivity contribution in [2.45, 2.75) is 161 Å². The van der Waals surface area contributed by atoms with Crippen LogP contribution in [0.5, 0.6) is 0 Å². The third-order valence-corrected chi connectivity index (χ3v) is 7.71. The first kappa shape index (κ1) is 34.8. The molecule has 0 amide bonds. The van der Waals surface area contributed by atoms with Crippen molar-refractivity contribution in [3.8, 4) is 0 Å². The smallest absolute Gasteiger partial charge is 0.159 e. The zero-order chi connectivity index (χ0) is 26.0. The van der Waals surface area contributed by atoms with Crippen molar-refractivity contribution in [3.63, 3.8) is 0 Å². The molecule has 0 radical (unpaired) electrons. The van der Waals surface area contributed by atoms with Crippen molar-refractivity contribution in [1.82, 2.24) is 0 Å². The quantitative estimate of drug-likeness (QED) is 0.0791. The van der Waals surface area contributed by atoms with Crippen LogP contribution in [0.15, 0.2) is 0 Å². The fraction of sp³-hybridized carbons (Fsp3) is 1.00. The highest BCUT2D eigenvalue weighted by Gasteiger charge is 2.22. The normalized spacial score (nSPS) is 13.7. The second-order valence-corrected chi connectivity index (χ2v) is 10.7. The van der Waals surface area contributed by atoms with Crippen molar-refractivity contribution in [2.24, 2.45) is 11.8 Å². The standard InChI is InChI=1S/C31H64O4/c1-7-9-11-13-15-17-20-24-28(30(32-3)33-4)26-22-19-23-27-29(31(34-5)35-6)25-21-18-16-14-12-10-8-2/h28-31H,7-27H2,1-6H3. The molecular weight excluding hydrogens is 436 g/mol. The molecule has 2 atom stereocenters. The fourth-order valence-electron chi connectivity index (χ4n) is 5.51. The SMILES string of the molecule is CCCCCCCCCC(CCCCCC(CCCCCCCCC)C(OC)OC)C(OC)OC. The van der Waals surface area contributed by atoms with Gasteiger partial charge in [0, 0.05) is 40.3 Å². The summed E-state index contributed by atoms with van der Waals surface area (Å²) in [5, 5.41) is 0. The lowest BCUT2D eigenvalue weighted by atomic mass is 9.91. The van der Waals surface area contributed by atoms with E-state index in [4.69, 9.17) is 18.9 Å².